The highest BCUT2D eigenvalue weighted by molar-refractivity contribution is 7.99. The van der Waals surface area contributed by atoms with E-state index in [2.05, 4.69) is 28.5 Å². The third-order valence-electron chi connectivity index (χ3n) is 3.29. The van der Waals surface area contributed by atoms with Crippen LogP contribution in [0.4, 0.5) is 5.82 Å². The molecule has 0 unspecified atom stereocenters. The second-order valence-electron chi connectivity index (χ2n) is 5.34. The zero-order valence-corrected chi connectivity index (χ0v) is 14.7. The van der Waals surface area contributed by atoms with Crippen molar-refractivity contribution in [2.24, 2.45) is 0 Å². The van der Waals surface area contributed by atoms with Crippen LogP contribution in [0.3, 0.4) is 0 Å². The Labute approximate surface area is 145 Å². The number of aromatic nitrogens is 2. The number of amides is 1. The molecule has 1 N–H and O–H groups in total. The first-order chi connectivity index (χ1) is 11.6. The molecule has 0 aromatic carbocycles. The molecule has 6 nitrogen and oxygen atoms in total. The number of carbonyl (C=O) groups excluding carboxylic acids is 1. The lowest BCUT2D eigenvalue weighted by molar-refractivity contribution is -0.115. The van der Waals surface area contributed by atoms with Gasteiger partial charge < -0.3 is 9.84 Å². The molecule has 0 atom stereocenters. The molecule has 24 heavy (non-hydrogen) atoms. The molecule has 126 valence electrons. The van der Waals surface area contributed by atoms with Gasteiger partial charge >= 0.3 is 0 Å². The third kappa shape index (κ3) is 5.39. The fourth-order valence-electron chi connectivity index (χ4n) is 2.04. The number of aryl methyl sites for hydroxylation is 2. The van der Waals surface area contributed by atoms with E-state index in [4.69, 9.17) is 4.52 Å². The molecule has 0 bridgehead atoms. The minimum absolute atomic E-state index is 0.142. The number of nitriles is 1. The van der Waals surface area contributed by atoms with Gasteiger partial charge in [-0.3, -0.25) is 4.79 Å². The number of unbranched alkanes of at least 4 members (excludes halogenated alkanes) is 1. The Morgan fingerprint density at radius 2 is 2.29 bits per heavy atom. The van der Waals surface area contributed by atoms with Gasteiger partial charge in [-0.1, -0.05) is 18.5 Å². The van der Waals surface area contributed by atoms with Crippen LogP contribution in [0.25, 0.3) is 0 Å². The lowest BCUT2D eigenvalue weighted by Gasteiger charge is -2.06. The van der Waals surface area contributed by atoms with Gasteiger partial charge in [0.05, 0.1) is 5.56 Å². The van der Waals surface area contributed by atoms with Crippen LogP contribution in [0.15, 0.2) is 27.7 Å². The first-order valence-corrected chi connectivity index (χ1v) is 8.87. The highest BCUT2D eigenvalue weighted by Gasteiger charge is 2.10. The Balaban J connectivity index is 1.88. The Bertz CT molecular complexity index is 736. The van der Waals surface area contributed by atoms with Crippen LogP contribution in [0.2, 0.25) is 0 Å². The second-order valence-corrected chi connectivity index (χ2v) is 6.42. The van der Waals surface area contributed by atoms with Gasteiger partial charge in [0.15, 0.2) is 5.82 Å². The summed E-state index contributed by atoms with van der Waals surface area (Å²) >= 11 is 1.43. The van der Waals surface area contributed by atoms with Crippen LogP contribution in [-0.4, -0.2) is 21.8 Å². The van der Waals surface area contributed by atoms with E-state index in [0.29, 0.717) is 34.3 Å². The topological polar surface area (TPSA) is 91.8 Å². The van der Waals surface area contributed by atoms with E-state index in [-0.39, 0.29) is 5.91 Å². The van der Waals surface area contributed by atoms with Crippen LogP contribution in [0.5, 0.6) is 0 Å². The quantitative estimate of drug-likeness (QED) is 0.734. The van der Waals surface area contributed by atoms with Gasteiger partial charge in [0.2, 0.25) is 5.91 Å². The maximum absolute atomic E-state index is 11.9. The van der Waals surface area contributed by atoms with Crippen molar-refractivity contribution >= 4 is 23.5 Å². The molecule has 0 radical (unpaired) electrons. The molecule has 2 aromatic rings. The van der Waals surface area contributed by atoms with Crippen LogP contribution >= 0.6 is 11.8 Å². The zero-order valence-electron chi connectivity index (χ0n) is 13.8. The molecule has 0 saturated heterocycles. The van der Waals surface area contributed by atoms with E-state index in [1.165, 1.54) is 11.8 Å². The molecular formula is C17H20N4O2S. The summed E-state index contributed by atoms with van der Waals surface area (Å²) in [4.78, 5) is 16.4. The van der Waals surface area contributed by atoms with Crippen molar-refractivity contribution < 1.29 is 9.32 Å². The van der Waals surface area contributed by atoms with E-state index in [1.807, 2.05) is 6.07 Å². The summed E-state index contributed by atoms with van der Waals surface area (Å²) in [5.74, 6) is 1.46. The summed E-state index contributed by atoms with van der Waals surface area (Å²) in [7, 11) is 0. The van der Waals surface area contributed by atoms with Crippen molar-refractivity contribution in [2.45, 2.75) is 44.6 Å². The van der Waals surface area contributed by atoms with Gasteiger partial charge in [-0.15, -0.1) is 11.8 Å². The Morgan fingerprint density at radius 3 is 2.96 bits per heavy atom. The molecule has 0 aliphatic carbocycles. The summed E-state index contributed by atoms with van der Waals surface area (Å²) in [6.07, 6.45) is 3.39. The number of hydrogen-bond donors (Lipinski definition) is 1. The number of hydrogen-bond acceptors (Lipinski definition) is 6. The Morgan fingerprint density at radius 1 is 1.46 bits per heavy atom. The smallest absolute Gasteiger partial charge is 0.226 e. The number of anilines is 1. The van der Waals surface area contributed by atoms with Gasteiger partial charge in [-0.2, -0.15) is 5.26 Å². The van der Waals surface area contributed by atoms with E-state index < -0.39 is 0 Å². The number of nitrogens with one attached hydrogen (secondary N) is 1. The molecule has 0 spiro atoms. The zero-order chi connectivity index (χ0) is 17.4. The average Bonchev–Trinajstić information content (AvgIpc) is 2.98. The molecule has 2 heterocycles. The summed E-state index contributed by atoms with van der Waals surface area (Å²) in [5, 5.41) is 16.3. The van der Waals surface area contributed by atoms with Crippen LogP contribution in [0.1, 0.15) is 43.2 Å². The van der Waals surface area contributed by atoms with Crippen molar-refractivity contribution in [3.8, 4) is 6.07 Å². The predicted octanol–water partition coefficient (Wildman–Crippen LogP) is 3.71. The SMILES string of the molecule is CCCCc1ccc(C#N)c(SCCC(=O)Nc2cc(C)on2)n1. The maximum atomic E-state index is 11.9. The third-order valence-corrected chi connectivity index (χ3v) is 4.28. The average molecular weight is 344 g/mol. The molecule has 0 saturated carbocycles. The fourth-order valence-corrected chi connectivity index (χ4v) is 2.97. The van der Waals surface area contributed by atoms with Crippen LogP contribution in [0, 0.1) is 18.3 Å². The van der Waals surface area contributed by atoms with E-state index >= 15 is 0 Å². The minimum Gasteiger partial charge on any atom is -0.360 e. The van der Waals surface area contributed by atoms with Gasteiger partial charge in [-0.25, -0.2) is 4.98 Å². The van der Waals surface area contributed by atoms with Gasteiger partial charge in [-0.05, 0) is 31.9 Å². The molecule has 1 amide bonds. The molecule has 2 rings (SSSR count). The number of thioether (sulfide) groups is 1. The van der Waals surface area contributed by atoms with Crippen molar-refractivity contribution in [3.05, 3.63) is 35.2 Å². The molecule has 0 aliphatic heterocycles. The van der Waals surface area contributed by atoms with Crippen LogP contribution in [-0.2, 0) is 11.2 Å². The standard InChI is InChI=1S/C17H20N4O2S/c1-3-4-5-14-7-6-13(11-18)17(19-14)24-9-8-16(22)20-15-10-12(2)23-21-15/h6-7,10H,3-5,8-9H2,1-2H3,(H,20,21,22). The Hall–Kier alpha value is -2.33. The maximum Gasteiger partial charge on any atom is 0.226 e. The minimum atomic E-state index is -0.142. The van der Waals surface area contributed by atoms with Crippen molar-refractivity contribution in [3.63, 3.8) is 0 Å². The van der Waals surface area contributed by atoms with Crippen molar-refractivity contribution in [1.82, 2.24) is 10.1 Å². The predicted molar refractivity (Wildman–Crippen MR) is 92.8 cm³/mol. The monoisotopic (exact) mass is 344 g/mol. The molecule has 0 aliphatic rings. The van der Waals surface area contributed by atoms with E-state index in [1.54, 1.807) is 19.1 Å². The second kappa shape index (κ2) is 9.08. The summed E-state index contributed by atoms with van der Waals surface area (Å²) in [5.41, 5.74) is 1.54. The molecular weight excluding hydrogens is 324 g/mol. The molecule has 2 aromatic heterocycles. The number of nitrogens with zero attached hydrogens (tertiary/aromatic N) is 3. The fraction of sp³-hybridized carbons (Fsp3) is 0.412. The highest BCUT2D eigenvalue weighted by Crippen LogP contribution is 2.22. The lowest BCUT2D eigenvalue weighted by Crippen LogP contribution is -2.12. The number of rotatable bonds is 8. The highest BCUT2D eigenvalue weighted by atomic mass is 32.2. The summed E-state index contributed by atoms with van der Waals surface area (Å²) in [6.45, 7) is 3.90. The first kappa shape index (κ1) is 18.0. The first-order valence-electron chi connectivity index (χ1n) is 7.88. The van der Waals surface area contributed by atoms with E-state index in [0.717, 1.165) is 25.0 Å². The van der Waals surface area contributed by atoms with Gasteiger partial charge in [0.25, 0.3) is 0 Å². The number of pyridine rings is 1. The van der Waals surface area contributed by atoms with Gasteiger partial charge in [0, 0.05) is 23.9 Å². The van der Waals surface area contributed by atoms with Crippen LogP contribution < -0.4 is 5.32 Å². The van der Waals surface area contributed by atoms with Crippen molar-refractivity contribution in [1.29, 1.82) is 5.26 Å². The summed E-state index contributed by atoms with van der Waals surface area (Å²) < 4.78 is 4.90. The lowest BCUT2D eigenvalue weighted by atomic mass is 10.2. The molecule has 7 heteroatoms. The van der Waals surface area contributed by atoms with E-state index in [9.17, 15) is 10.1 Å². The van der Waals surface area contributed by atoms with Gasteiger partial charge in [0.1, 0.15) is 16.9 Å². The largest absolute Gasteiger partial charge is 0.360 e. The van der Waals surface area contributed by atoms with Crippen molar-refractivity contribution in [2.75, 3.05) is 11.1 Å². The number of carbonyl (C=O) groups is 1. The summed E-state index contributed by atoms with van der Waals surface area (Å²) in [6, 6.07) is 7.52. The Kier molecular flexibility index (Phi) is 6.82. The normalized spacial score (nSPS) is 10.4. The molecule has 0 fully saturated rings.